The number of nitrogens with zero attached hydrogens (tertiary/aromatic N) is 2. The first-order valence-corrected chi connectivity index (χ1v) is 15.6. The molecule has 0 saturated carbocycles. The average molecular weight is 577 g/mol. The number of benzene rings is 2. The smallest absolute Gasteiger partial charge is 0.244 e. The highest BCUT2D eigenvalue weighted by Gasteiger charge is 2.44. The van der Waals surface area contributed by atoms with E-state index in [1.165, 1.54) is 15.9 Å². The number of amides is 1. The topological polar surface area (TPSA) is 96.4 Å². The van der Waals surface area contributed by atoms with Crippen LogP contribution in [-0.2, 0) is 30.7 Å². The zero-order valence-electron chi connectivity index (χ0n) is 22.0. The molecule has 3 aliphatic heterocycles. The second-order valence-electron chi connectivity index (χ2n) is 10.9. The number of sulfonamides is 1. The summed E-state index contributed by atoms with van der Waals surface area (Å²) in [5, 5.41) is 10.5. The van der Waals surface area contributed by atoms with Gasteiger partial charge in [-0.05, 0) is 55.7 Å². The van der Waals surface area contributed by atoms with Crippen molar-refractivity contribution >= 4 is 27.5 Å². The molecular formula is C29H37ClN2O6S. The Hall–Kier alpha value is -2.01. The lowest BCUT2D eigenvalue weighted by Crippen LogP contribution is -2.57. The van der Waals surface area contributed by atoms with Crippen molar-refractivity contribution in [1.82, 2.24) is 9.21 Å². The first-order valence-electron chi connectivity index (χ1n) is 13.8. The fourth-order valence-corrected chi connectivity index (χ4v) is 8.22. The molecule has 8 nitrogen and oxygen atoms in total. The molecule has 5 rings (SSSR count). The molecule has 0 aromatic heterocycles. The van der Waals surface area contributed by atoms with E-state index in [2.05, 4.69) is 24.3 Å². The lowest BCUT2D eigenvalue weighted by Gasteiger charge is -2.44. The average Bonchev–Trinajstić information content (AvgIpc) is 2.92. The fraction of sp³-hybridized carbons (Fsp3) is 0.552. The lowest BCUT2D eigenvalue weighted by atomic mass is 9.90. The monoisotopic (exact) mass is 576 g/mol. The first-order chi connectivity index (χ1) is 18.8. The van der Waals surface area contributed by atoms with Gasteiger partial charge in [-0.3, -0.25) is 4.79 Å². The third kappa shape index (κ3) is 6.84. The quantitative estimate of drug-likeness (QED) is 0.565. The summed E-state index contributed by atoms with van der Waals surface area (Å²) < 4.78 is 40.6. The number of fused-ring (bicyclic) bond motifs is 1. The van der Waals surface area contributed by atoms with Crippen LogP contribution in [0, 0.1) is 5.92 Å². The molecular weight excluding hydrogens is 540 g/mol. The predicted molar refractivity (Wildman–Crippen MR) is 148 cm³/mol. The van der Waals surface area contributed by atoms with E-state index in [0.29, 0.717) is 18.8 Å². The molecule has 0 bridgehead atoms. The molecule has 4 atom stereocenters. The zero-order valence-corrected chi connectivity index (χ0v) is 23.6. The number of hydrogen-bond acceptors (Lipinski definition) is 6. The Morgan fingerprint density at radius 2 is 1.69 bits per heavy atom. The van der Waals surface area contributed by atoms with E-state index in [0.717, 1.165) is 32.4 Å². The van der Waals surface area contributed by atoms with Crippen molar-refractivity contribution in [2.24, 2.45) is 5.92 Å². The third-order valence-electron chi connectivity index (χ3n) is 8.09. The van der Waals surface area contributed by atoms with E-state index >= 15 is 0 Å². The van der Waals surface area contributed by atoms with Crippen LogP contribution in [0.2, 0.25) is 5.02 Å². The Morgan fingerprint density at radius 3 is 2.44 bits per heavy atom. The highest BCUT2D eigenvalue weighted by Crippen LogP contribution is 2.34. The van der Waals surface area contributed by atoms with Gasteiger partial charge in [0.2, 0.25) is 15.9 Å². The molecule has 0 unspecified atom stereocenters. The Balaban J connectivity index is 1.20. The summed E-state index contributed by atoms with van der Waals surface area (Å²) in [6, 6.07) is 16.3. The number of hydrogen-bond donors (Lipinski definition) is 1. The summed E-state index contributed by atoms with van der Waals surface area (Å²) in [5.74, 6) is 0.663. The van der Waals surface area contributed by atoms with Gasteiger partial charge in [0.05, 0.1) is 49.0 Å². The third-order valence-corrected chi connectivity index (χ3v) is 10.5. The molecule has 39 heavy (non-hydrogen) atoms. The number of rotatable bonds is 6. The number of carbonyl (C=O) groups is 1. The summed E-state index contributed by atoms with van der Waals surface area (Å²) in [5.41, 5.74) is 1.34. The van der Waals surface area contributed by atoms with Gasteiger partial charge in [0.1, 0.15) is 4.90 Å². The van der Waals surface area contributed by atoms with Crippen LogP contribution >= 0.6 is 11.6 Å². The number of piperidine rings is 1. The standard InChI is InChI=1S/C29H37ClN2O6S/c30-25-8-4-5-9-28(25)39(35,36)32-18-23(33)19-37-20-27-26(32)11-10-24(38-27)17-29(34)31-14-12-22(13-15-31)16-21-6-2-1-3-7-21/h1-9,22-24,26-27,33H,10-20H2/t23-,24+,26-,27+/m1/s1. The van der Waals surface area contributed by atoms with Gasteiger partial charge in [-0.2, -0.15) is 4.31 Å². The number of carbonyl (C=O) groups excluding carboxylic acids is 1. The van der Waals surface area contributed by atoms with Crippen LogP contribution in [0.4, 0.5) is 0 Å². The molecule has 2 aromatic rings. The molecule has 2 aromatic carbocycles. The second kappa shape index (κ2) is 12.7. The van der Waals surface area contributed by atoms with Crippen molar-refractivity contribution in [2.45, 2.75) is 67.8 Å². The minimum atomic E-state index is -3.99. The van der Waals surface area contributed by atoms with E-state index < -0.39 is 28.3 Å². The summed E-state index contributed by atoms with van der Waals surface area (Å²) in [4.78, 5) is 15.1. The van der Waals surface area contributed by atoms with Crippen LogP contribution in [0.3, 0.4) is 0 Å². The molecule has 1 amide bonds. The summed E-state index contributed by atoms with van der Waals surface area (Å²) in [7, 11) is -3.99. The molecule has 0 spiro atoms. The van der Waals surface area contributed by atoms with E-state index in [1.54, 1.807) is 18.2 Å². The maximum absolute atomic E-state index is 13.7. The molecule has 212 valence electrons. The Morgan fingerprint density at radius 1 is 0.974 bits per heavy atom. The van der Waals surface area contributed by atoms with Crippen molar-refractivity contribution in [2.75, 3.05) is 32.8 Å². The van der Waals surface area contributed by atoms with Crippen LogP contribution in [0.25, 0.3) is 0 Å². The Labute approximate surface area is 235 Å². The highest BCUT2D eigenvalue weighted by atomic mass is 35.5. The van der Waals surface area contributed by atoms with Crippen LogP contribution in [0.15, 0.2) is 59.5 Å². The summed E-state index contributed by atoms with van der Waals surface area (Å²) in [6.45, 7) is 1.54. The minimum Gasteiger partial charge on any atom is -0.389 e. The Kier molecular flexibility index (Phi) is 9.26. The molecule has 1 N–H and O–H groups in total. The van der Waals surface area contributed by atoms with Crippen LogP contribution in [-0.4, -0.2) is 85.8 Å². The molecule has 3 heterocycles. The van der Waals surface area contributed by atoms with Gasteiger partial charge >= 0.3 is 0 Å². The van der Waals surface area contributed by atoms with Crippen molar-refractivity contribution in [3.63, 3.8) is 0 Å². The van der Waals surface area contributed by atoms with Crippen LogP contribution in [0.5, 0.6) is 0 Å². The van der Waals surface area contributed by atoms with Gasteiger partial charge in [0.25, 0.3) is 0 Å². The Bertz CT molecular complexity index is 1220. The van der Waals surface area contributed by atoms with Crippen molar-refractivity contribution < 1.29 is 27.8 Å². The van der Waals surface area contributed by atoms with E-state index in [9.17, 15) is 18.3 Å². The van der Waals surface area contributed by atoms with Gasteiger partial charge in [-0.25, -0.2) is 8.42 Å². The lowest BCUT2D eigenvalue weighted by molar-refractivity contribution is -0.152. The molecule has 3 aliphatic rings. The number of aliphatic hydroxyl groups excluding tert-OH is 1. The fourth-order valence-electron chi connectivity index (χ4n) is 6.01. The number of ether oxygens (including phenoxy) is 2. The van der Waals surface area contributed by atoms with Gasteiger partial charge in [-0.1, -0.05) is 54.1 Å². The second-order valence-corrected chi connectivity index (χ2v) is 13.1. The minimum absolute atomic E-state index is 0.00262. The van der Waals surface area contributed by atoms with Crippen LogP contribution < -0.4 is 0 Å². The summed E-state index contributed by atoms with van der Waals surface area (Å²) in [6.07, 6.45) is 2.52. The highest BCUT2D eigenvalue weighted by molar-refractivity contribution is 7.89. The van der Waals surface area contributed by atoms with Gasteiger partial charge in [0, 0.05) is 19.6 Å². The maximum atomic E-state index is 13.7. The van der Waals surface area contributed by atoms with Crippen molar-refractivity contribution in [3.05, 3.63) is 65.2 Å². The predicted octanol–water partition coefficient (Wildman–Crippen LogP) is 3.51. The maximum Gasteiger partial charge on any atom is 0.244 e. The molecule has 0 aliphatic carbocycles. The normalized spacial score (nSPS) is 27.4. The van der Waals surface area contributed by atoms with E-state index in [-0.39, 0.29) is 48.1 Å². The largest absolute Gasteiger partial charge is 0.389 e. The first kappa shape index (κ1) is 28.5. The summed E-state index contributed by atoms with van der Waals surface area (Å²) >= 11 is 6.25. The molecule has 3 saturated heterocycles. The van der Waals surface area contributed by atoms with Crippen LogP contribution in [0.1, 0.15) is 37.7 Å². The van der Waals surface area contributed by atoms with Gasteiger partial charge < -0.3 is 19.5 Å². The van der Waals surface area contributed by atoms with E-state index in [4.69, 9.17) is 21.1 Å². The molecule has 3 fully saturated rings. The van der Waals surface area contributed by atoms with Crippen molar-refractivity contribution in [1.29, 1.82) is 0 Å². The molecule has 0 radical (unpaired) electrons. The van der Waals surface area contributed by atoms with Gasteiger partial charge in [0.15, 0.2) is 0 Å². The van der Waals surface area contributed by atoms with Gasteiger partial charge in [-0.15, -0.1) is 0 Å². The van der Waals surface area contributed by atoms with Crippen molar-refractivity contribution in [3.8, 4) is 0 Å². The number of likely N-dealkylation sites (tertiary alicyclic amines) is 1. The SMILES string of the molecule is O=C(C[C@@H]1CC[C@@H]2[C@H](COC[C@H](O)CN2S(=O)(=O)c2ccccc2Cl)O1)N1CCC(Cc2ccccc2)CC1. The molecule has 10 heteroatoms. The number of aliphatic hydroxyl groups is 1. The zero-order chi connectivity index (χ0) is 27.4. The number of halogens is 1. The van der Waals surface area contributed by atoms with E-state index in [1.807, 2.05) is 11.0 Å². The number of β-amino-alcohol motifs (C(OH)–C–C–N with tert-alkyl or cyclic N) is 1.